The Balaban J connectivity index is 1.96. The van der Waals surface area contributed by atoms with Gasteiger partial charge >= 0.3 is 0 Å². The minimum absolute atomic E-state index is 0.454. The number of hydrogen-bond acceptors (Lipinski definition) is 4. The summed E-state index contributed by atoms with van der Waals surface area (Å²) in [6, 6.07) is 0.566. The molecule has 1 aromatic rings. The first kappa shape index (κ1) is 11.8. The standard InChI is InChI=1S/C11H17ClN4/c1-9-7-15(2)3-4-16(9)8-10-5-14-11(12)6-13-10/h5-6,9H,3-4,7-8H2,1-2H3. The third-order valence-electron chi connectivity index (χ3n) is 3.01. The topological polar surface area (TPSA) is 32.3 Å². The Labute approximate surface area is 101 Å². The molecule has 2 heterocycles. The molecule has 4 nitrogen and oxygen atoms in total. The smallest absolute Gasteiger partial charge is 0.147 e. The van der Waals surface area contributed by atoms with Gasteiger partial charge in [0.1, 0.15) is 5.15 Å². The minimum Gasteiger partial charge on any atom is -0.304 e. The fourth-order valence-electron chi connectivity index (χ4n) is 2.04. The molecule has 0 saturated carbocycles. The average molecular weight is 241 g/mol. The lowest BCUT2D eigenvalue weighted by atomic mass is 10.2. The molecule has 1 unspecified atom stereocenters. The molecule has 5 heteroatoms. The Morgan fingerprint density at radius 2 is 2.19 bits per heavy atom. The zero-order valence-corrected chi connectivity index (χ0v) is 10.5. The second-order valence-corrected chi connectivity index (χ2v) is 4.80. The lowest BCUT2D eigenvalue weighted by Gasteiger charge is -2.37. The molecule has 1 aromatic heterocycles. The van der Waals surface area contributed by atoms with Gasteiger partial charge in [0.25, 0.3) is 0 Å². The normalized spacial score (nSPS) is 23.6. The average Bonchev–Trinajstić information content (AvgIpc) is 2.25. The predicted octanol–water partition coefficient (Wildman–Crippen LogP) is 1.27. The van der Waals surface area contributed by atoms with Crippen LogP contribution in [0.4, 0.5) is 0 Å². The van der Waals surface area contributed by atoms with E-state index in [0.717, 1.165) is 31.9 Å². The molecule has 0 radical (unpaired) electrons. The van der Waals surface area contributed by atoms with E-state index in [4.69, 9.17) is 11.6 Å². The molecule has 1 aliphatic rings. The fourth-order valence-corrected chi connectivity index (χ4v) is 2.14. The van der Waals surface area contributed by atoms with Crippen LogP contribution in [0.15, 0.2) is 12.4 Å². The highest BCUT2D eigenvalue weighted by Gasteiger charge is 2.21. The van der Waals surface area contributed by atoms with E-state index in [1.54, 1.807) is 12.4 Å². The van der Waals surface area contributed by atoms with Gasteiger partial charge in [0.15, 0.2) is 0 Å². The summed E-state index contributed by atoms with van der Waals surface area (Å²) in [7, 11) is 2.16. The van der Waals surface area contributed by atoms with Crippen LogP contribution < -0.4 is 0 Å². The molecule has 88 valence electrons. The Bertz CT molecular complexity index is 340. The van der Waals surface area contributed by atoms with Crippen molar-refractivity contribution in [3.05, 3.63) is 23.2 Å². The second-order valence-electron chi connectivity index (χ2n) is 4.41. The van der Waals surface area contributed by atoms with Gasteiger partial charge in [-0.1, -0.05) is 11.6 Å². The second kappa shape index (κ2) is 5.08. The van der Waals surface area contributed by atoms with Crippen molar-refractivity contribution >= 4 is 11.6 Å². The van der Waals surface area contributed by atoms with Crippen molar-refractivity contribution < 1.29 is 0 Å². The number of nitrogens with zero attached hydrogens (tertiary/aromatic N) is 4. The van der Waals surface area contributed by atoms with Gasteiger partial charge in [0, 0.05) is 32.2 Å². The maximum Gasteiger partial charge on any atom is 0.147 e. The molecule has 0 N–H and O–H groups in total. The molecule has 1 aliphatic heterocycles. The summed E-state index contributed by atoms with van der Waals surface area (Å²) in [5.41, 5.74) is 0.987. The number of likely N-dealkylation sites (N-methyl/N-ethyl adjacent to an activating group) is 1. The summed E-state index contributed by atoms with van der Waals surface area (Å²) in [6.45, 7) is 6.42. The summed E-state index contributed by atoms with van der Waals surface area (Å²) in [5, 5.41) is 0.454. The van der Waals surface area contributed by atoms with Crippen LogP contribution in [0.5, 0.6) is 0 Å². The lowest BCUT2D eigenvalue weighted by molar-refractivity contribution is 0.0926. The SMILES string of the molecule is CC1CN(C)CCN1Cc1cnc(Cl)cn1. The summed E-state index contributed by atoms with van der Waals surface area (Å²) < 4.78 is 0. The summed E-state index contributed by atoms with van der Waals surface area (Å²) in [6.07, 6.45) is 3.37. The molecule has 0 amide bonds. The van der Waals surface area contributed by atoms with E-state index in [0.29, 0.717) is 11.2 Å². The van der Waals surface area contributed by atoms with E-state index in [2.05, 4.69) is 33.7 Å². The molecule has 1 atom stereocenters. The van der Waals surface area contributed by atoms with Crippen LogP contribution in [0.1, 0.15) is 12.6 Å². The van der Waals surface area contributed by atoms with Crippen molar-refractivity contribution in [1.29, 1.82) is 0 Å². The largest absolute Gasteiger partial charge is 0.304 e. The van der Waals surface area contributed by atoms with Crippen LogP contribution in [0.2, 0.25) is 5.15 Å². The van der Waals surface area contributed by atoms with Gasteiger partial charge in [-0.25, -0.2) is 4.98 Å². The maximum atomic E-state index is 5.71. The Hall–Kier alpha value is -0.710. The van der Waals surface area contributed by atoms with Crippen molar-refractivity contribution in [1.82, 2.24) is 19.8 Å². The van der Waals surface area contributed by atoms with E-state index in [9.17, 15) is 0 Å². The van der Waals surface area contributed by atoms with Crippen LogP contribution in [0.3, 0.4) is 0 Å². The van der Waals surface area contributed by atoms with Gasteiger partial charge in [-0.05, 0) is 14.0 Å². The van der Waals surface area contributed by atoms with Crippen LogP contribution >= 0.6 is 11.6 Å². The van der Waals surface area contributed by atoms with Crippen molar-refractivity contribution in [2.24, 2.45) is 0 Å². The Morgan fingerprint density at radius 3 is 2.81 bits per heavy atom. The highest BCUT2D eigenvalue weighted by molar-refractivity contribution is 6.29. The summed E-state index contributed by atoms with van der Waals surface area (Å²) in [5.74, 6) is 0. The molecule has 0 spiro atoms. The van der Waals surface area contributed by atoms with Crippen LogP contribution in [-0.2, 0) is 6.54 Å². The van der Waals surface area contributed by atoms with Crippen molar-refractivity contribution in [2.75, 3.05) is 26.7 Å². The Kier molecular flexibility index (Phi) is 3.74. The first-order valence-electron chi connectivity index (χ1n) is 5.54. The summed E-state index contributed by atoms with van der Waals surface area (Å²) >= 11 is 5.71. The van der Waals surface area contributed by atoms with E-state index >= 15 is 0 Å². The highest BCUT2D eigenvalue weighted by Crippen LogP contribution is 2.11. The first-order valence-corrected chi connectivity index (χ1v) is 5.92. The van der Waals surface area contributed by atoms with Gasteiger partial charge < -0.3 is 4.90 Å². The highest BCUT2D eigenvalue weighted by atomic mass is 35.5. The quantitative estimate of drug-likeness (QED) is 0.779. The van der Waals surface area contributed by atoms with Crippen LogP contribution in [0, 0.1) is 0 Å². The van der Waals surface area contributed by atoms with Gasteiger partial charge in [-0.2, -0.15) is 0 Å². The predicted molar refractivity (Wildman–Crippen MR) is 64.4 cm³/mol. The number of hydrogen-bond donors (Lipinski definition) is 0. The van der Waals surface area contributed by atoms with E-state index in [-0.39, 0.29) is 0 Å². The van der Waals surface area contributed by atoms with Crippen molar-refractivity contribution in [2.45, 2.75) is 19.5 Å². The van der Waals surface area contributed by atoms with Gasteiger partial charge in [0.2, 0.25) is 0 Å². The van der Waals surface area contributed by atoms with Crippen LogP contribution in [-0.4, -0.2) is 52.5 Å². The molecule has 0 bridgehead atoms. The van der Waals surface area contributed by atoms with E-state index in [1.807, 2.05) is 0 Å². The zero-order valence-electron chi connectivity index (χ0n) is 9.73. The molecule has 1 fully saturated rings. The minimum atomic E-state index is 0.454. The summed E-state index contributed by atoms with van der Waals surface area (Å²) in [4.78, 5) is 13.1. The molecular weight excluding hydrogens is 224 g/mol. The van der Waals surface area contributed by atoms with E-state index in [1.165, 1.54) is 0 Å². The molecular formula is C11H17ClN4. The first-order chi connectivity index (χ1) is 7.65. The molecule has 1 saturated heterocycles. The monoisotopic (exact) mass is 240 g/mol. The lowest BCUT2D eigenvalue weighted by Crippen LogP contribution is -2.49. The number of piperazine rings is 1. The Morgan fingerprint density at radius 1 is 1.38 bits per heavy atom. The molecule has 0 aromatic carbocycles. The number of aromatic nitrogens is 2. The number of rotatable bonds is 2. The maximum absolute atomic E-state index is 5.71. The number of halogens is 1. The molecule has 0 aliphatic carbocycles. The van der Waals surface area contributed by atoms with Crippen molar-refractivity contribution in [3.63, 3.8) is 0 Å². The third-order valence-corrected chi connectivity index (χ3v) is 3.20. The van der Waals surface area contributed by atoms with Gasteiger partial charge in [0.05, 0.1) is 18.1 Å². The third kappa shape index (κ3) is 2.90. The van der Waals surface area contributed by atoms with Gasteiger partial charge in [-0.3, -0.25) is 9.88 Å². The fraction of sp³-hybridized carbons (Fsp3) is 0.636. The zero-order chi connectivity index (χ0) is 11.5. The van der Waals surface area contributed by atoms with Crippen molar-refractivity contribution in [3.8, 4) is 0 Å². The van der Waals surface area contributed by atoms with Gasteiger partial charge in [-0.15, -0.1) is 0 Å². The van der Waals surface area contributed by atoms with E-state index < -0.39 is 0 Å². The van der Waals surface area contributed by atoms with Crippen LogP contribution in [0.25, 0.3) is 0 Å². The molecule has 2 rings (SSSR count). The molecule has 16 heavy (non-hydrogen) atoms.